The van der Waals surface area contributed by atoms with Crippen LogP contribution in [0.2, 0.25) is 0 Å². The van der Waals surface area contributed by atoms with Gasteiger partial charge in [0.1, 0.15) is 0 Å². The molecule has 0 aromatic rings. The Labute approximate surface area is 412 Å². The van der Waals surface area contributed by atoms with Crippen molar-refractivity contribution in [2.75, 3.05) is 6.61 Å². The van der Waals surface area contributed by atoms with Gasteiger partial charge >= 0.3 is 0 Å². The van der Waals surface area contributed by atoms with E-state index in [2.05, 4.69) is 189 Å². The first-order valence-corrected chi connectivity index (χ1v) is 26.5. The van der Waals surface area contributed by atoms with E-state index in [4.69, 9.17) is 0 Å². The van der Waals surface area contributed by atoms with Crippen molar-refractivity contribution in [2.24, 2.45) is 0 Å². The molecule has 0 aliphatic rings. The average molecular weight is 916 g/mol. The van der Waals surface area contributed by atoms with Gasteiger partial charge in [-0.3, -0.25) is 4.79 Å². The second-order valence-electron chi connectivity index (χ2n) is 16.8. The third kappa shape index (κ3) is 52.3. The van der Waals surface area contributed by atoms with E-state index in [0.717, 1.165) is 122 Å². The van der Waals surface area contributed by atoms with E-state index in [-0.39, 0.29) is 12.5 Å². The van der Waals surface area contributed by atoms with Crippen molar-refractivity contribution >= 4 is 5.91 Å². The van der Waals surface area contributed by atoms with Crippen LogP contribution in [0.15, 0.2) is 182 Å². The molecule has 0 heterocycles. The van der Waals surface area contributed by atoms with Gasteiger partial charge in [0, 0.05) is 6.42 Å². The van der Waals surface area contributed by atoms with Gasteiger partial charge in [-0.2, -0.15) is 0 Å². The number of allylic oxidation sites excluding steroid dienone is 29. The summed E-state index contributed by atoms with van der Waals surface area (Å²) in [5, 5.41) is 23.0. The smallest absolute Gasteiger partial charge is 0.220 e. The van der Waals surface area contributed by atoms with Gasteiger partial charge in [-0.25, -0.2) is 0 Å². The Hall–Kier alpha value is -4.51. The van der Waals surface area contributed by atoms with Crippen LogP contribution in [-0.2, 0) is 4.79 Å². The highest BCUT2D eigenvalue weighted by Crippen LogP contribution is 2.09. The van der Waals surface area contributed by atoms with Gasteiger partial charge in [0.15, 0.2) is 0 Å². The molecule has 0 fully saturated rings. The fourth-order valence-corrected chi connectivity index (χ4v) is 6.60. The normalized spacial score (nSPS) is 14.4. The molecule has 0 saturated carbocycles. The van der Waals surface area contributed by atoms with Crippen molar-refractivity contribution in [3.05, 3.63) is 182 Å². The maximum atomic E-state index is 12.4. The fourth-order valence-electron chi connectivity index (χ4n) is 6.60. The van der Waals surface area contributed by atoms with Crippen molar-refractivity contribution < 1.29 is 15.0 Å². The molecule has 0 aliphatic heterocycles. The molecule has 372 valence electrons. The minimum absolute atomic E-state index is 0.130. The summed E-state index contributed by atoms with van der Waals surface area (Å²) in [5.41, 5.74) is 0. The van der Waals surface area contributed by atoms with Crippen molar-refractivity contribution in [1.29, 1.82) is 0 Å². The molecule has 1 amide bonds. The Morgan fingerprint density at radius 1 is 0.373 bits per heavy atom. The zero-order valence-electron chi connectivity index (χ0n) is 42.6. The predicted molar refractivity (Wildman–Crippen MR) is 298 cm³/mol. The van der Waals surface area contributed by atoms with Crippen molar-refractivity contribution in [2.45, 2.75) is 199 Å². The molecular formula is C63H97NO3. The van der Waals surface area contributed by atoms with Crippen LogP contribution in [0, 0.1) is 0 Å². The third-order valence-electron chi connectivity index (χ3n) is 10.6. The minimum atomic E-state index is -0.902. The van der Waals surface area contributed by atoms with Gasteiger partial charge in [0.25, 0.3) is 0 Å². The fraction of sp³-hybridized carbons (Fsp3) is 0.508. The monoisotopic (exact) mass is 916 g/mol. The van der Waals surface area contributed by atoms with Crippen molar-refractivity contribution in [3.8, 4) is 0 Å². The van der Waals surface area contributed by atoms with Gasteiger partial charge in [0.05, 0.1) is 18.8 Å². The highest BCUT2D eigenvalue weighted by Gasteiger charge is 2.17. The molecule has 0 saturated heterocycles. The van der Waals surface area contributed by atoms with E-state index in [1.165, 1.54) is 44.9 Å². The van der Waals surface area contributed by atoms with Crippen LogP contribution >= 0.6 is 0 Å². The van der Waals surface area contributed by atoms with Gasteiger partial charge in [-0.05, 0) is 135 Å². The van der Waals surface area contributed by atoms with Gasteiger partial charge < -0.3 is 15.5 Å². The predicted octanol–water partition coefficient (Wildman–Crippen LogP) is 17.7. The number of carbonyl (C=O) groups is 1. The lowest BCUT2D eigenvalue weighted by atomic mass is 10.1. The number of amides is 1. The summed E-state index contributed by atoms with van der Waals surface area (Å²) >= 11 is 0. The van der Waals surface area contributed by atoms with Gasteiger partial charge in [0.2, 0.25) is 5.91 Å². The van der Waals surface area contributed by atoms with Crippen LogP contribution < -0.4 is 5.32 Å². The Morgan fingerprint density at radius 3 is 1.04 bits per heavy atom. The number of aliphatic hydroxyl groups is 2. The first-order valence-electron chi connectivity index (χ1n) is 26.5. The Bertz CT molecular complexity index is 1550. The molecule has 2 unspecified atom stereocenters. The second-order valence-corrected chi connectivity index (χ2v) is 16.8. The maximum Gasteiger partial charge on any atom is 0.220 e. The number of hydrogen-bond donors (Lipinski definition) is 3. The first-order chi connectivity index (χ1) is 33.2. The minimum Gasteiger partial charge on any atom is -0.394 e. The van der Waals surface area contributed by atoms with E-state index in [1.807, 2.05) is 6.08 Å². The van der Waals surface area contributed by atoms with Crippen LogP contribution in [0.4, 0.5) is 0 Å². The summed E-state index contributed by atoms with van der Waals surface area (Å²) in [6, 6.07) is -0.683. The summed E-state index contributed by atoms with van der Waals surface area (Å²) < 4.78 is 0. The molecule has 0 spiro atoms. The SMILES string of the molecule is CC/C=C\C/C=C\C/C=C\C/C=C\C/C=C\C/C=C\C/C=C\C/C=C\C/C=C\C/C=C\C/C=C\C/C=C\CCCCC(=O)NC(CO)C(O)/C=C/CC/C=C/CC/C=C/CCCCCCCC. The molecule has 0 aromatic carbocycles. The van der Waals surface area contributed by atoms with Crippen LogP contribution in [0.3, 0.4) is 0 Å². The van der Waals surface area contributed by atoms with E-state index in [9.17, 15) is 15.0 Å². The highest BCUT2D eigenvalue weighted by molar-refractivity contribution is 5.76. The molecule has 0 rings (SSSR count). The molecule has 2 atom stereocenters. The summed E-state index contributed by atoms with van der Waals surface area (Å²) in [5.74, 6) is -0.130. The number of nitrogens with one attached hydrogen (secondary N) is 1. The van der Waals surface area contributed by atoms with Crippen LogP contribution in [-0.4, -0.2) is 34.9 Å². The van der Waals surface area contributed by atoms with E-state index < -0.39 is 12.1 Å². The Morgan fingerprint density at radius 2 is 0.672 bits per heavy atom. The van der Waals surface area contributed by atoms with Crippen LogP contribution in [0.1, 0.15) is 187 Å². The number of unbranched alkanes of at least 4 members (excludes halogenated alkanes) is 10. The van der Waals surface area contributed by atoms with Gasteiger partial charge in [-0.15, -0.1) is 0 Å². The molecule has 4 nitrogen and oxygen atoms in total. The molecule has 0 bridgehead atoms. The maximum absolute atomic E-state index is 12.4. The van der Waals surface area contributed by atoms with Gasteiger partial charge in [-0.1, -0.05) is 228 Å². The van der Waals surface area contributed by atoms with Crippen LogP contribution in [0.25, 0.3) is 0 Å². The number of carbonyl (C=O) groups excluding carboxylic acids is 1. The lowest BCUT2D eigenvalue weighted by molar-refractivity contribution is -0.123. The number of rotatable bonds is 45. The topological polar surface area (TPSA) is 69.6 Å². The molecule has 0 radical (unpaired) electrons. The summed E-state index contributed by atoms with van der Waals surface area (Å²) in [6.07, 6.45) is 93.1. The summed E-state index contributed by atoms with van der Waals surface area (Å²) in [4.78, 5) is 12.4. The summed E-state index contributed by atoms with van der Waals surface area (Å²) in [7, 11) is 0. The standard InChI is InChI=1S/C63H97NO3/c1-3-5-7-9-11-13-15-17-19-21-22-23-24-25-26-27-28-29-30-31-32-33-34-35-36-37-38-39-40-41-42-43-45-47-49-51-53-55-57-59-63(67)64-61(60-65)62(66)58-56-54-52-50-48-46-44-20-18-16-14-12-10-8-6-4-2/h5,7,11,13,17-20,22-23,25-26,28-29,31-32,34-35,37-38,40-41,43,45,48-51,56,58,61-62,65-66H,3-4,6,8-10,12,14-16,21,24,27,30,33,36,39,42,44,46-47,52-55,57,59-60H2,1-2H3,(H,64,67)/b7-5-,13-11-,19-17-,20-18+,23-22-,26-25-,29-28-,32-31-,35-34-,38-37-,41-40-,45-43-,50-48+,51-49-,58-56+. The highest BCUT2D eigenvalue weighted by atomic mass is 16.3. The number of hydrogen-bond acceptors (Lipinski definition) is 3. The zero-order valence-corrected chi connectivity index (χ0v) is 42.6. The number of aliphatic hydroxyl groups excluding tert-OH is 2. The molecule has 67 heavy (non-hydrogen) atoms. The molecular weight excluding hydrogens is 819 g/mol. The molecule has 4 heteroatoms. The van der Waals surface area contributed by atoms with E-state index in [1.54, 1.807) is 6.08 Å². The van der Waals surface area contributed by atoms with E-state index >= 15 is 0 Å². The first kappa shape index (κ1) is 62.5. The van der Waals surface area contributed by atoms with Crippen molar-refractivity contribution in [1.82, 2.24) is 5.32 Å². The lowest BCUT2D eigenvalue weighted by Gasteiger charge is -2.19. The summed E-state index contributed by atoms with van der Waals surface area (Å²) in [6.45, 7) is 4.13. The lowest BCUT2D eigenvalue weighted by Crippen LogP contribution is -2.45. The quantitative estimate of drug-likeness (QED) is 0.0421. The molecule has 0 aromatic heterocycles. The zero-order chi connectivity index (χ0) is 48.5. The Kier molecular flexibility index (Phi) is 52.1. The second kappa shape index (κ2) is 55.8. The Balaban J connectivity index is 3.80. The van der Waals surface area contributed by atoms with Crippen molar-refractivity contribution in [3.63, 3.8) is 0 Å². The largest absolute Gasteiger partial charge is 0.394 e. The molecule has 3 N–H and O–H groups in total. The molecule has 0 aliphatic carbocycles. The third-order valence-corrected chi connectivity index (χ3v) is 10.6. The average Bonchev–Trinajstić information content (AvgIpc) is 3.33. The van der Waals surface area contributed by atoms with E-state index in [0.29, 0.717) is 6.42 Å². The van der Waals surface area contributed by atoms with Crippen LogP contribution in [0.5, 0.6) is 0 Å².